The molecule has 1 saturated heterocycles. The van der Waals surface area contributed by atoms with E-state index in [2.05, 4.69) is 29.2 Å². The summed E-state index contributed by atoms with van der Waals surface area (Å²) in [7, 11) is 0. The monoisotopic (exact) mass is 375 g/mol. The zero-order chi connectivity index (χ0) is 18.2. The predicted octanol–water partition coefficient (Wildman–Crippen LogP) is 5.60. The van der Waals surface area contributed by atoms with Gasteiger partial charge in [-0.2, -0.15) is 0 Å². The van der Waals surface area contributed by atoms with Gasteiger partial charge in [-0.15, -0.1) is 11.3 Å². The van der Waals surface area contributed by atoms with E-state index in [4.69, 9.17) is 14.4 Å². The van der Waals surface area contributed by atoms with Gasteiger partial charge in [-0.05, 0) is 50.6 Å². The van der Waals surface area contributed by atoms with Crippen LogP contribution >= 0.6 is 11.3 Å². The molecule has 27 heavy (non-hydrogen) atoms. The summed E-state index contributed by atoms with van der Waals surface area (Å²) in [6.07, 6.45) is 2.35. The third-order valence-corrected chi connectivity index (χ3v) is 6.36. The third kappa shape index (κ3) is 3.17. The number of benzene rings is 2. The highest BCUT2D eigenvalue weighted by atomic mass is 32.1. The van der Waals surface area contributed by atoms with Gasteiger partial charge in [0.25, 0.3) is 0 Å². The molecule has 3 heterocycles. The molecule has 0 bridgehead atoms. The summed E-state index contributed by atoms with van der Waals surface area (Å²) < 4.78 is 7.22. The van der Waals surface area contributed by atoms with Crippen molar-refractivity contribution in [1.82, 2.24) is 14.9 Å². The number of aromatic nitrogens is 2. The maximum absolute atomic E-state index is 5.95. The second-order valence-electron chi connectivity index (χ2n) is 7.04. The van der Waals surface area contributed by atoms with Crippen molar-refractivity contribution in [2.45, 2.75) is 32.4 Å². The van der Waals surface area contributed by atoms with Gasteiger partial charge in [-0.25, -0.2) is 9.97 Å². The summed E-state index contributed by atoms with van der Waals surface area (Å²) >= 11 is 1.82. The Labute approximate surface area is 162 Å². The highest BCUT2D eigenvalue weighted by Gasteiger charge is 2.30. The van der Waals surface area contributed by atoms with Crippen LogP contribution < -0.4 is 0 Å². The molecule has 2 aromatic heterocycles. The lowest BCUT2D eigenvalue weighted by molar-refractivity contribution is 0.244. The first-order chi connectivity index (χ1) is 13.3. The highest BCUT2D eigenvalue weighted by molar-refractivity contribution is 7.18. The molecule has 4 aromatic rings. The molecule has 0 N–H and O–H groups in total. The van der Waals surface area contributed by atoms with Crippen molar-refractivity contribution >= 4 is 21.6 Å². The van der Waals surface area contributed by atoms with Crippen LogP contribution in [0.1, 0.15) is 35.3 Å². The van der Waals surface area contributed by atoms with Gasteiger partial charge in [-0.1, -0.05) is 30.3 Å². The topological polar surface area (TPSA) is 42.2 Å². The van der Waals surface area contributed by atoms with Gasteiger partial charge in [0.15, 0.2) is 0 Å². The van der Waals surface area contributed by atoms with Gasteiger partial charge in [0.05, 0.1) is 22.0 Å². The Bertz CT molecular complexity index is 1040. The van der Waals surface area contributed by atoms with Gasteiger partial charge in [0.1, 0.15) is 10.8 Å². The summed E-state index contributed by atoms with van der Waals surface area (Å²) in [6.45, 7) is 3.90. The zero-order valence-electron chi connectivity index (χ0n) is 15.3. The van der Waals surface area contributed by atoms with Crippen LogP contribution in [0.15, 0.2) is 59.0 Å². The minimum Gasteiger partial charge on any atom is -0.441 e. The van der Waals surface area contributed by atoms with Gasteiger partial charge < -0.3 is 4.42 Å². The number of aryl methyl sites for hydroxylation is 1. The summed E-state index contributed by atoms with van der Waals surface area (Å²) in [6, 6.07) is 18.9. The second-order valence-corrected chi connectivity index (χ2v) is 8.10. The Kier molecular flexibility index (Phi) is 4.26. The van der Waals surface area contributed by atoms with Crippen LogP contribution in [-0.4, -0.2) is 21.4 Å². The predicted molar refractivity (Wildman–Crippen MR) is 109 cm³/mol. The van der Waals surface area contributed by atoms with Crippen molar-refractivity contribution in [3.05, 3.63) is 71.1 Å². The maximum Gasteiger partial charge on any atom is 0.226 e. The van der Waals surface area contributed by atoms with E-state index in [-0.39, 0.29) is 0 Å². The highest BCUT2D eigenvalue weighted by Crippen LogP contribution is 2.37. The van der Waals surface area contributed by atoms with Crippen LogP contribution in [0.4, 0.5) is 0 Å². The molecule has 1 atom stereocenters. The van der Waals surface area contributed by atoms with E-state index in [1.165, 1.54) is 16.1 Å². The lowest BCUT2D eigenvalue weighted by atomic mass is 10.2. The fourth-order valence-corrected chi connectivity index (χ4v) is 4.94. The molecule has 1 unspecified atom stereocenters. The molecule has 5 rings (SSSR count). The lowest BCUT2D eigenvalue weighted by Gasteiger charge is -2.21. The fraction of sp³-hybridized carbons (Fsp3) is 0.273. The number of nitrogens with zero attached hydrogens (tertiary/aromatic N) is 3. The van der Waals surface area contributed by atoms with Crippen LogP contribution in [-0.2, 0) is 6.54 Å². The molecule has 2 aromatic carbocycles. The molecule has 136 valence electrons. The number of thiazole rings is 1. The third-order valence-electron chi connectivity index (χ3n) is 5.23. The van der Waals surface area contributed by atoms with Gasteiger partial charge >= 0.3 is 0 Å². The van der Waals surface area contributed by atoms with E-state index in [1.54, 1.807) is 0 Å². The number of hydrogen-bond donors (Lipinski definition) is 0. The normalized spacial score (nSPS) is 17.7. The smallest absolute Gasteiger partial charge is 0.226 e. The minimum absolute atomic E-state index is 0.374. The van der Waals surface area contributed by atoms with Crippen molar-refractivity contribution in [2.24, 2.45) is 0 Å². The molecule has 4 nitrogen and oxygen atoms in total. The number of para-hydroxylation sites is 1. The summed E-state index contributed by atoms with van der Waals surface area (Å²) in [5.74, 6) is 1.61. The molecule has 0 saturated carbocycles. The molecule has 5 heteroatoms. The molecule has 0 spiro atoms. The fourth-order valence-electron chi connectivity index (χ4n) is 3.80. The molecule has 1 fully saturated rings. The number of fused-ring (bicyclic) bond motifs is 1. The molecule has 1 aliphatic heterocycles. The zero-order valence-corrected chi connectivity index (χ0v) is 16.1. The van der Waals surface area contributed by atoms with Crippen molar-refractivity contribution in [2.75, 3.05) is 6.54 Å². The molecular weight excluding hydrogens is 354 g/mol. The number of rotatable bonds is 4. The summed E-state index contributed by atoms with van der Waals surface area (Å²) in [5, 5.41) is 1.22. The first kappa shape index (κ1) is 16.7. The Morgan fingerprint density at radius 1 is 1.07 bits per heavy atom. The molecule has 0 amide bonds. The van der Waals surface area contributed by atoms with Gasteiger partial charge in [0.2, 0.25) is 5.89 Å². The molecule has 1 aliphatic rings. The van der Waals surface area contributed by atoms with Crippen molar-refractivity contribution in [1.29, 1.82) is 0 Å². The first-order valence-electron chi connectivity index (χ1n) is 9.39. The van der Waals surface area contributed by atoms with E-state index in [0.717, 1.165) is 42.0 Å². The molecule has 0 aliphatic carbocycles. The molecule has 0 radical (unpaired) electrons. The van der Waals surface area contributed by atoms with E-state index in [0.29, 0.717) is 11.9 Å². The largest absolute Gasteiger partial charge is 0.441 e. The van der Waals surface area contributed by atoms with Gasteiger partial charge in [0, 0.05) is 12.1 Å². The Morgan fingerprint density at radius 3 is 2.74 bits per heavy atom. The number of oxazole rings is 1. The Balaban J connectivity index is 1.41. The summed E-state index contributed by atoms with van der Waals surface area (Å²) in [4.78, 5) is 12.2. The Morgan fingerprint density at radius 2 is 1.89 bits per heavy atom. The van der Waals surface area contributed by atoms with Crippen LogP contribution in [0, 0.1) is 6.92 Å². The first-order valence-corrected chi connectivity index (χ1v) is 10.2. The van der Waals surface area contributed by atoms with Crippen molar-refractivity contribution in [3.8, 4) is 11.5 Å². The quantitative estimate of drug-likeness (QED) is 0.466. The SMILES string of the molecule is Cc1oc(-c2ccccc2)nc1CN1CCCC1c1nc2ccccc2s1. The Hall–Kier alpha value is -2.50. The van der Waals surface area contributed by atoms with Gasteiger partial charge in [-0.3, -0.25) is 4.90 Å². The van der Waals surface area contributed by atoms with E-state index >= 15 is 0 Å². The minimum atomic E-state index is 0.374. The van der Waals surface area contributed by atoms with E-state index < -0.39 is 0 Å². The van der Waals surface area contributed by atoms with Crippen LogP contribution in [0.25, 0.3) is 21.7 Å². The van der Waals surface area contributed by atoms with Crippen LogP contribution in [0.3, 0.4) is 0 Å². The van der Waals surface area contributed by atoms with E-state index in [1.807, 2.05) is 48.6 Å². The average molecular weight is 375 g/mol. The standard InChI is InChI=1S/C22H21N3OS/c1-15-18(23-21(26-15)16-8-3-2-4-9-16)14-25-13-7-11-19(25)22-24-17-10-5-6-12-20(17)27-22/h2-6,8-10,12,19H,7,11,13-14H2,1H3. The van der Waals surface area contributed by atoms with Crippen molar-refractivity contribution < 1.29 is 4.42 Å². The number of likely N-dealkylation sites (tertiary alicyclic amines) is 1. The maximum atomic E-state index is 5.95. The van der Waals surface area contributed by atoms with Crippen molar-refractivity contribution in [3.63, 3.8) is 0 Å². The average Bonchev–Trinajstić information content (AvgIpc) is 3.41. The van der Waals surface area contributed by atoms with E-state index in [9.17, 15) is 0 Å². The second kappa shape index (κ2) is 6.91. The lowest BCUT2D eigenvalue weighted by Crippen LogP contribution is -2.23. The number of hydrogen-bond acceptors (Lipinski definition) is 5. The van der Waals surface area contributed by atoms with Crippen LogP contribution in [0.5, 0.6) is 0 Å². The summed E-state index contributed by atoms with van der Waals surface area (Å²) in [5.41, 5.74) is 3.16. The van der Waals surface area contributed by atoms with Crippen LogP contribution in [0.2, 0.25) is 0 Å². The molecular formula is C22H21N3OS.